The number of pyridine rings is 1. The molecule has 3 rings (SSSR count). The average molecular weight is 283 g/mol. The Labute approximate surface area is 123 Å². The van der Waals surface area contributed by atoms with Crippen LogP contribution in [0.1, 0.15) is 5.56 Å². The van der Waals surface area contributed by atoms with Gasteiger partial charge in [0.1, 0.15) is 5.15 Å². The van der Waals surface area contributed by atoms with Gasteiger partial charge in [0.05, 0.1) is 0 Å². The zero-order chi connectivity index (χ0) is 13.9. The number of anilines is 1. The van der Waals surface area contributed by atoms with Gasteiger partial charge in [-0.3, -0.25) is 0 Å². The Morgan fingerprint density at radius 2 is 1.80 bits per heavy atom. The van der Waals surface area contributed by atoms with Crippen LogP contribution in [-0.4, -0.2) is 12.0 Å². The maximum absolute atomic E-state index is 6.11. The second kappa shape index (κ2) is 5.51. The van der Waals surface area contributed by atoms with Crippen molar-refractivity contribution < 1.29 is 0 Å². The van der Waals surface area contributed by atoms with Crippen molar-refractivity contribution in [1.82, 2.24) is 4.98 Å². The molecule has 0 N–H and O–H groups in total. The van der Waals surface area contributed by atoms with Crippen LogP contribution in [0.15, 0.2) is 60.8 Å². The predicted octanol–water partition coefficient (Wildman–Crippen LogP) is 4.52. The van der Waals surface area contributed by atoms with Gasteiger partial charge in [0.25, 0.3) is 0 Å². The van der Waals surface area contributed by atoms with Gasteiger partial charge in [0.15, 0.2) is 0 Å². The molecule has 0 fully saturated rings. The Hall–Kier alpha value is -2.06. The Balaban J connectivity index is 1.89. The summed E-state index contributed by atoms with van der Waals surface area (Å²) >= 11 is 6.11. The number of benzene rings is 2. The number of hydrogen-bond donors (Lipinski definition) is 0. The van der Waals surface area contributed by atoms with Gasteiger partial charge in [0.2, 0.25) is 0 Å². The van der Waals surface area contributed by atoms with E-state index >= 15 is 0 Å². The second-order valence-corrected chi connectivity index (χ2v) is 5.20. The molecule has 0 amide bonds. The van der Waals surface area contributed by atoms with E-state index in [4.69, 9.17) is 11.6 Å². The summed E-state index contributed by atoms with van der Waals surface area (Å²) in [6, 6.07) is 18.8. The van der Waals surface area contributed by atoms with Gasteiger partial charge >= 0.3 is 0 Å². The van der Waals surface area contributed by atoms with Crippen molar-refractivity contribution in [3.63, 3.8) is 0 Å². The van der Waals surface area contributed by atoms with Gasteiger partial charge in [-0.15, -0.1) is 0 Å². The fourth-order valence-electron chi connectivity index (χ4n) is 2.30. The third kappa shape index (κ3) is 2.61. The molecule has 0 atom stereocenters. The molecule has 2 nitrogen and oxygen atoms in total. The third-order valence-corrected chi connectivity index (χ3v) is 3.76. The molecule has 0 aliphatic carbocycles. The zero-order valence-electron chi connectivity index (χ0n) is 11.3. The fraction of sp³-hybridized carbons (Fsp3) is 0.118. The first kappa shape index (κ1) is 12.9. The third-order valence-electron chi connectivity index (χ3n) is 3.42. The Bertz CT molecular complexity index is 740. The van der Waals surface area contributed by atoms with Gasteiger partial charge in [-0.05, 0) is 29.0 Å². The van der Waals surface area contributed by atoms with E-state index in [1.165, 1.54) is 16.5 Å². The highest BCUT2D eigenvalue weighted by atomic mass is 35.5. The lowest BCUT2D eigenvalue weighted by Crippen LogP contribution is -2.16. The molecule has 0 radical (unpaired) electrons. The van der Waals surface area contributed by atoms with Gasteiger partial charge in [-0.2, -0.15) is 0 Å². The minimum atomic E-state index is 0.570. The molecule has 100 valence electrons. The van der Waals surface area contributed by atoms with Crippen molar-refractivity contribution in [1.29, 1.82) is 0 Å². The van der Waals surface area contributed by atoms with E-state index in [2.05, 4.69) is 59.4 Å². The number of halogens is 1. The summed E-state index contributed by atoms with van der Waals surface area (Å²) in [6.07, 6.45) is 1.71. The maximum atomic E-state index is 6.11. The maximum Gasteiger partial charge on any atom is 0.133 e. The van der Waals surface area contributed by atoms with Crippen LogP contribution in [0.3, 0.4) is 0 Å². The lowest BCUT2D eigenvalue weighted by Gasteiger charge is -2.20. The molecule has 0 aliphatic heterocycles. The summed E-state index contributed by atoms with van der Waals surface area (Å²) in [6.45, 7) is 0.741. The van der Waals surface area contributed by atoms with Crippen molar-refractivity contribution >= 4 is 28.1 Å². The van der Waals surface area contributed by atoms with Crippen LogP contribution in [-0.2, 0) is 6.54 Å². The quantitative estimate of drug-likeness (QED) is 0.656. The highest BCUT2D eigenvalue weighted by Gasteiger charge is 2.06. The van der Waals surface area contributed by atoms with Crippen molar-refractivity contribution in [2.75, 3.05) is 11.9 Å². The Morgan fingerprint density at radius 1 is 1.00 bits per heavy atom. The van der Waals surface area contributed by atoms with E-state index in [0.29, 0.717) is 5.15 Å². The number of rotatable bonds is 3. The molecule has 1 heterocycles. The summed E-state index contributed by atoms with van der Waals surface area (Å²) in [7, 11) is 2.06. The highest BCUT2D eigenvalue weighted by molar-refractivity contribution is 6.30. The predicted molar refractivity (Wildman–Crippen MR) is 85.3 cm³/mol. The van der Waals surface area contributed by atoms with Crippen molar-refractivity contribution in [2.45, 2.75) is 6.54 Å². The first-order chi connectivity index (χ1) is 9.74. The van der Waals surface area contributed by atoms with Crippen molar-refractivity contribution in [2.24, 2.45) is 0 Å². The van der Waals surface area contributed by atoms with E-state index in [9.17, 15) is 0 Å². The summed E-state index contributed by atoms with van der Waals surface area (Å²) in [5, 5.41) is 3.07. The SMILES string of the molecule is CN(Cc1cccnc1Cl)c1ccc2ccccc2c1. The topological polar surface area (TPSA) is 16.1 Å². The van der Waals surface area contributed by atoms with Crippen LogP contribution in [0.25, 0.3) is 10.8 Å². The minimum absolute atomic E-state index is 0.570. The lowest BCUT2D eigenvalue weighted by molar-refractivity contribution is 0.916. The van der Waals surface area contributed by atoms with Crippen LogP contribution >= 0.6 is 11.6 Å². The normalized spacial score (nSPS) is 10.7. The molecule has 20 heavy (non-hydrogen) atoms. The fourth-order valence-corrected chi connectivity index (χ4v) is 2.48. The summed E-state index contributed by atoms with van der Waals surface area (Å²) in [5.41, 5.74) is 2.20. The van der Waals surface area contributed by atoms with Crippen molar-refractivity contribution in [3.8, 4) is 0 Å². The molecule has 3 aromatic rings. The highest BCUT2D eigenvalue weighted by Crippen LogP contribution is 2.23. The molecule has 1 aromatic heterocycles. The van der Waals surface area contributed by atoms with Crippen LogP contribution in [0.2, 0.25) is 5.15 Å². The standard InChI is InChI=1S/C17H15ClN2/c1-20(12-15-7-4-10-19-17(15)18)16-9-8-13-5-2-3-6-14(13)11-16/h2-11H,12H2,1H3. The van der Waals surface area contributed by atoms with E-state index in [-0.39, 0.29) is 0 Å². The summed E-state index contributed by atoms with van der Waals surface area (Å²) < 4.78 is 0. The zero-order valence-corrected chi connectivity index (χ0v) is 12.0. The molecule has 0 unspecified atom stereocenters. The second-order valence-electron chi connectivity index (χ2n) is 4.84. The molecule has 0 spiro atoms. The average Bonchev–Trinajstić information content (AvgIpc) is 2.49. The lowest BCUT2D eigenvalue weighted by atomic mass is 10.1. The van der Waals surface area contributed by atoms with Crippen molar-refractivity contribution in [3.05, 3.63) is 71.5 Å². The monoisotopic (exact) mass is 282 g/mol. The van der Waals surface area contributed by atoms with E-state index in [1.807, 2.05) is 12.1 Å². The van der Waals surface area contributed by atoms with Gasteiger partial charge in [-0.1, -0.05) is 48.0 Å². The van der Waals surface area contributed by atoms with Gasteiger partial charge in [0, 0.05) is 31.0 Å². The minimum Gasteiger partial charge on any atom is -0.370 e. The van der Waals surface area contributed by atoms with Crippen LogP contribution < -0.4 is 4.90 Å². The molecule has 0 saturated heterocycles. The van der Waals surface area contributed by atoms with Gasteiger partial charge in [-0.25, -0.2) is 4.98 Å². The van der Waals surface area contributed by atoms with Gasteiger partial charge < -0.3 is 4.90 Å². The van der Waals surface area contributed by atoms with E-state index < -0.39 is 0 Å². The molecule has 0 bridgehead atoms. The van der Waals surface area contributed by atoms with Crippen LogP contribution in [0.5, 0.6) is 0 Å². The van der Waals surface area contributed by atoms with E-state index in [1.54, 1.807) is 6.20 Å². The van der Waals surface area contributed by atoms with Crippen LogP contribution in [0.4, 0.5) is 5.69 Å². The Kier molecular flexibility index (Phi) is 3.57. The molecule has 0 aliphatic rings. The molecule has 0 saturated carbocycles. The number of aromatic nitrogens is 1. The largest absolute Gasteiger partial charge is 0.370 e. The smallest absolute Gasteiger partial charge is 0.133 e. The summed E-state index contributed by atoms with van der Waals surface area (Å²) in [4.78, 5) is 6.29. The molecular formula is C17H15ClN2. The summed E-state index contributed by atoms with van der Waals surface area (Å²) in [5.74, 6) is 0. The first-order valence-corrected chi connectivity index (χ1v) is 6.91. The molecule has 2 aromatic carbocycles. The number of fused-ring (bicyclic) bond motifs is 1. The number of hydrogen-bond acceptors (Lipinski definition) is 2. The molecular weight excluding hydrogens is 268 g/mol. The van der Waals surface area contributed by atoms with E-state index in [0.717, 1.165) is 12.1 Å². The molecule has 3 heteroatoms. The van der Waals surface area contributed by atoms with Crippen LogP contribution in [0, 0.1) is 0 Å². The first-order valence-electron chi connectivity index (χ1n) is 6.53. The number of nitrogens with zero attached hydrogens (tertiary/aromatic N) is 2. The Morgan fingerprint density at radius 3 is 2.60 bits per heavy atom.